The second kappa shape index (κ2) is 5.27. The van der Waals surface area contributed by atoms with Crippen LogP contribution in [0.3, 0.4) is 0 Å². The van der Waals surface area contributed by atoms with Crippen LogP contribution in [0.2, 0.25) is 5.02 Å². The summed E-state index contributed by atoms with van der Waals surface area (Å²) in [5.41, 5.74) is 7.73. The van der Waals surface area contributed by atoms with Crippen molar-refractivity contribution in [3.05, 3.63) is 58.9 Å². The van der Waals surface area contributed by atoms with E-state index in [1.165, 1.54) is 6.07 Å². The molecule has 2 aromatic rings. The van der Waals surface area contributed by atoms with Crippen LogP contribution >= 0.6 is 11.6 Å². The summed E-state index contributed by atoms with van der Waals surface area (Å²) in [6.07, 6.45) is 0. The average Bonchev–Trinajstić information content (AvgIpc) is 2.34. The number of rotatable bonds is 3. The monoisotopic (exact) mass is 264 g/mol. The summed E-state index contributed by atoms with van der Waals surface area (Å²) in [5.74, 6) is -0.238. The highest BCUT2D eigenvalue weighted by Gasteiger charge is 2.11. The molecule has 0 saturated heterocycles. The van der Waals surface area contributed by atoms with Crippen LogP contribution in [0.5, 0.6) is 0 Å². The minimum Gasteiger partial charge on any atom is -0.397 e. The van der Waals surface area contributed by atoms with Gasteiger partial charge in [0, 0.05) is 10.6 Å². The van der Waals surface area contributed by atoms with E-state index in [4.69, 9.17) is 17.3 Å². The van der Waals surface area contributed by atoms with Gasteiger partial charge >= 0.3 is 0 Å². The first-order valence-electron chi connectivity index (χ1n) is 5.64. The van der Waals surface area contributed by atoms with Crippen molar-refractivity contribution in [2.24, 2.45) is 0 Å². The molecule has 2 rings (SSSR count). The van der Waals surface area contributed by atoms with E-state index in [9.17, 15) is 4.39 Å². The standard InChI is InChI=1S/C14H14ClFN2/c1-9(11-4-2-3-5-12(11)16)18-14-8-10(15)6-7-13(14)17/h2-9,18H,17H2,1H3. The van der Waals surface area contributed by atoms with Crippen LogP contribution in [0.1, 0.15) is 18.5 Å². The van der Waals surface area contributed by atoms with E-state index in [-0.39, 0.29) is 11.9 Å². The molecule has 1 atom stereocenters. The van der Waals surface area contributed by atoms with Gasteiger partial charge in [-0.05, 0) is 31.2 Å². The molecule has 0 aliphatic carbocycles. The van der Waals surface area contributed by atoms with Gasteiger partial charge in [-0.2, -0.15) is 0 Å². The molecule has 4 heteroatoms. The summed E-state index contributed by atoms with van der Waals surface area (Å²) in [6.45, 7) is 1.87. The Kier molecular flexibility index (Phi) is 3.72. The third-order valence-corrected chi connectivity index (χ3v) is 2.99. The van der Waals surface area contributed by atoms with E-state index in [1.54, 1.807) is 36.4 Å². The van der Waals surface area contributed by atoms with Crippen LogP contribution in [0.4, 0.5) is 15.8 Å². The third kappa shape index (κ3) is 2.74. The van der Waals surface area contributed by atoms with Gasteiger partial charge in [0.1, 0.15) is 5.82 Å². The first kappa shape index (κ1) is 12.7. The zero-order valence-corrected chi connectivity index (χ0v) is 10.7. The summed E-state index contributed by atoms with van der Waals surface area (Å²) in [4.78, 5) is 0. The van der Waals surface area contributed by atoms with Gasteiger partial charge in [-0.1, -0.05) is 29.8 Å². The topological polar surface area (TPSA) is 38.0 Å². The highest BCUT2D eigenvalue weighted by atomic mass is 35.5. The summed E-state index contributed by atoms with van der Waals surface area (Å²) in [7, 11) is 0. The Labute approximate surface area is 111 Å². The second-order valence-electron chi connectivity index (χ2n) is 4.12. The van der Waals surface area contributed by atoms with Crippen molar-refractivity contribution < 1.29 is 4.39 Å². The first-order chi connectivity index (χ1) is 8.58. The van der Waals surface area contributed by atoms with E-state index in [0.717, 1.165) is 0 Å². The van der Waals surface area contributed by atoms with Crippen LogP contribution in [0.15, 0.2) is 42.5 Å². The molecular weight excluding hydrogens is 251 g/mol. The molecular formula is C14H14ClFN2. The van der Waals surface area contributed by atoms with Gasteiger partial charge in [-0.25, -0.2) is 4.39 Å². The Morgan fingerprint density at radius 2 is 1.94 bits per heavy atom. The zero-order chi connectivity index (χ0) is 13.1. The number of nitrogens with two attached hydrogens (primary N) is 1. The predicted octanol–water partition coefficient (Wildman–Crippen LogP) is 4.23. The largest absolute Gasteiger partial charge is 0.397 e. The lowest BCUT2D eigenvalue weighted by atomic mass is 10.1. The molecule has 1 unspecified atom stereocenters. The van der Waals surface area contributed by atoms with Crippen molar-refractivity contribution in [1.82, 2.24) is 0 Å². The summed E-state index contributed by atoms with van der Waals surface area (Å²) >= 11 is 5.91. The molecule has 0 heterocycles. The molecule has 0 radical (unpaired) electrons. The molecule has 0 amide bonds. The van der Waals surface area contributed by atoms with Crippen LogP contribution in [-0.4, -0.2) is 0 Å². The van der Waals surface area contributed by atoms with E-state index in [1.807, 2.05) is 6.92 Å². The maximum Gasteiger partial charge on any atom is 0.128 e. The Morgan fingerprint density at radius 3 is 2.67 bits per heavy atom. The number of hydrogen-bond donors (Lipinski definition) is 2. The molecule has 18 heavy (non-hydrogen) atoms. The van der Waals surface area contributed by atoms with Crippen LogP contribution in [0, 0.1) is 5.82 Å². The lowest BCUT2D eigenvalue weighted by molar-refractivity contribution is 0.600. The maximum atomic E-state index is 13.6. The van der Waals surface area contributed by atoms with E-state index in [0.29, 0.717) is 22.0 Å². The van der Waals surface area contributed by atoms with Crippen LogP contribution in [0.25, 0.3) is 0 Å². The van der Waals surface area contributed by atoms with Crippen LogP contribution < -0.4 is 11.1 Å². The van der Waals surface area contributed by atoms with Gasteiger partial charge in [-0.15, -0.1) is 0 Å². The predicted molar refractivity (Wildman–Crippen MR) is 74.3 cm³/mol. The minimum absolute atomic E-state index is 0.188. The first-order valence-corrected chi connectivity index (χ1v) is 6.01. The van der Waals surface area contributed by atoms with Crippen molar-refractivity contribution in [2.75, 3.05) is 11.1 Å². The molecule has 2 aromatic carbocycles. The Morgan fingerprint density at radius 1 is 1.22 bits per heavy atom. The van der Waals surface area contributed by atoms with E-state index >= 15 is 0 Å². The number of halogens is 2. The fourth-order valence-corrected chi connectivity index (χ4v) is 1.96. The third-order valence-electron chi connectivity index (χ3n) is 2.76. The van der Waals surface area contributed by atoms with Gasteiger partial charge in [0.2, 0.25) is 0 Å². The Hall–Kier alpha value is -1.74. The molecule has 0 aromatic heterocycles. The molecule has 3 N–H and O–H groups in total. The highest BCUT2D eigenvalue weighted by molar-refractivity contribution is 6.31. The summed E-state index contributed by atoms with van der Waals surface area (Å²) < 4.78 is 13.6. The van der Waals surface area contributed by atoms with Gasteiger partial charge in [-0.3, -0.25) is 0 Å². The number of nitrogen functional groups attached to an aromatic ring is 1. The highest BCUT2D eigenvalue weighted by Crippen LogP contribution is 2.27. The van der Waals surface area contributed by atoms with Crippen molar-refractivity contribution in [3.63, 3.8) is 0 Å². The average molecular weight is 265 g/mol. The second-order valence-corrected chi connectivity index (χ2v) is 4.56. The zero-order valence-electron chi connectivity index (χ0n) is 9.95. The van der Waals surface area contributed by atoms with Gasteiger partial charge < -0.3 is 11.1 Å². The number of hydrogen-bond acceptors (Lipinski definition) is 2. The molecule has 0 saturated carbocycles. The Bertz CT molecular complexity index is 557. The number of anilines is 2. The molecule has 94 valence electrons. The number of nitrogens with one attached hydrogen (secondary N) is 1. The fraction of sp³-hybridized carbons (Fsp3) is 0.143. The number of benzene rings is 2. The smallest absolute Gasteiger partial charge is 0.128 e. The molecule has 0 fully saturated rings. The van der Waals surface area contributed by atoms with Gasteiger partial charge in [0.05, 0.1) is 17.4 Å². The van der Waals surface area contributed by atoms with Crippen molar-refractivity contribution >= 4 is 23.0 Å². The molecule has 0 bridgehead atoms. The van der Waals surface area contributed by atoms with Crippen LogP contribution in [-0.2, 0) is 0 Å². The maximum absolute atomic E-state index is 13.6. The molecule has 0 aliphatic rings. The van der Waals surface area contributed by atoms with Crippen molar-refractivity contribution in [2.45, 2.75) is 13.0 Å². The minimum atomic E-state index is -0.238. The molecule has 0 aliphatic heterocycles. The SMILES string of the molecule is CC(Nc1cc(Cl)ccc1N)c1ccccc1F. The lowest BCUT2D eigenvalue weighted by Crippen LogP contribution is -2.10. The van der Waals surface area contributed by atoms with E-state index < -0.39 is 0 Å². The summed E-state index contributed by atoms with van der Waals surface area (Å²) in [5, 5.41) is 3.75. The fourth-order valence-electron chi connectivity index (χ4n) is 1.79. The van der Waals surface area contributed by atoms with Crippen molar-refractivity contribution in [1.29, 1.82) is 0 Å². The normalized spacial score (nSPS) is 12.2. The van der Waals surface area contributed by atoms with Gasteiger partial charge in [0.15, 0.2) is 0 Å². The quantitative estimate of drug-likeness (QED) is 0.814. The Balaban J connectivity index is 2.24. The summed E-state index contributed by atoms with van der Waals surface area (Å²) in [6, 6.07) is 11.6. The lowest BCUT2D eigenvalue weighted by Gasteiger charge is -2.18. The van der Waals surface area contributed by atoms with Crippen molar-refractivity contribution in [3.8, 4) is 0 Å². The molecule has 2 nitrogen and oxygen atoms in total. The van der Waals surface area contributed by atoms with E-state index in [2.05, 4.69) is 5.32 Å². The molecule has 0 spiro atoms. The van der Waals surface area contributed by atoms with Gasteiger partial charge in [0.25, 0.3) is 0 Å².